The number of anilines is 1. The molecule has 9 nitrogen and oxygen atoms in total. The monoisotopic (exact) mass is 645 g/mol. The third-order valence-corrected chi connectivity index (χ3v) is 9.35. The Balaban J connectivity index is 1.53. The number of rotatable bonds is 13. The van der Waals surface area contributed by atoms with E-state index in [9.17, 15) is 14.7 Å². The Morgan fingerprint density at radius 2 is 1.73 bits per heavy atom. The highest BCUT2D eigenvalue weighted by atomic mass is 32.2. The van der Waals surface area contributed by atoms with Gasteiger partial charge < -0.3 is 19.3 Å². The summed E-state index contributed by atoms with van der Waals surface area (Å²) in [5.41, 5.74) is 3.17. The number of aromatic nitrogens is 2. The van der Waals surface area contributed by atoms with Gasteiger partial charge in [0, 0.05) is 11.3 Å². The number of carbonyl (C=O) groups excluding carboxylic acids is 2. The number of ether oxygens (including phenoxy) is 3. The van der Waals surface area contributed by atoms with Crippen LogP contribution in [0.25, 0.3) is 5.76 Å². The SMILES string of the molecule is CCCCOc1ccc(C(O)=C2C(=O)C(=O)N(c3nnc(SCc4ccc(C)cc4)s3)[C@H]2c2ccc(OCC)c(OC)c2)cc1. The molecule has 1 amide bonds. The summed E-state index contributed by atoms with van der Waals surface area (Å²) in [6, 6.07) is 19.2. The minimum atomic E-state index is -0.988. The van der Waals surface area contributed by atoms with E-state index in [2.05, 4.69) is 41.4 Å². The van der Waals surface area contributed by atoms with Crippen molar-refractivity contribution in [1.82, 2.24) is 10.2 Å². The van der Waals surface area contributed by atoms with Crippen molar-refractivity contribution in [3.8, 4) is 17.2 Å². The van der Waals surface area contributed by atoms with Crippen molar-refractivity contribution in [1.29, 1.82) is 0 Å². The number of aliphatic hydroxyl groups is 1. The van der Waals surface area contributed by atoms with Crippen LogP contribution in [0.15, 0.2) is 76.6 Å². The quantitative estimate of drug-likeness (QED) is 0.0398. The van der Waals surface area contributed by atoms with Gasteiger partial charge in [-0.2, -0.15) is 0 Å². The number of unbranched alkanes of at least 4 members (excludes halogenated alkanes) is 1. The van der Waals surface area contributed by atoms with Gasteiger partial charge in [-0.3, -0.25) is 14.5 Å². The van der Waals surface area contributed by atoms with Crippen LogP contribution in [0.5, 0.6) is 17.2 Å². The molecule has 11 heteroatoms. The number of hydrogen-bond acceptors (Lipinski definition) is 10. The Kier molecular flexibility index (Phi) is 10.4. The molecule has 0 saturated carbocycles. The summed E-state index contributed by atoms with van der Waals surface area (Å²) in [7, 11) is 1.52. The average molecular weight is 646 g/mol. The van der Waals surface area contributed by atoms with Crippen molar-refractivity contribution in [2.75, 3.05) is 25.2 Å². The molecule has 234 valence electrons. The maximum Gasteiger partial charge on any atom is 0.301 e. The molecule has 1 N–H and O–H groups in total. The number of benzene rings is 3. The summed E-state index contributed by atoms with van der Waals surface area (Å²) in [6.07, 6.45) is 1.94. The second-order valence-corrected chi connectivity index (χ2v) is 12.5. The molecular formula is C34H35N3O6S2. The van der Waals surface area contributed by atoms with Gasteiger partial charge in [-0.25, -0.2) is 0 Å². The number of ketones is 1. The van der Waals surface area contributed by atoms with E-state index in [4.69, 9.17) is 14.2 Å². The first-order valence-corrected chi connectivity index (χ1v) is 16.5. The molecule has 1 aliphatic rings. The van der Waals surface area contributed by atoms with Gasteiger partial charge in [0.25, 0.3) is 5.78 Å². The van der Waals surface area contributed by atoms with Gasteiger partial charge in [0.15, 0.2) is 15.8 Å². The molecule has 1 saturated heterocycles. The van der Waals surface area contributed by atoms with Gasteiger partial charge in [0.2, 0.25) is 5.13 Å². The van der Waals surface area contributed by atoms with Crippen LogP contribution in [0.1, 0.15) is 55.0 Å². The maximum absolute atomic E-state index is 13.7. The highest BCUT2D eigenvalue weighted by molar-refractivity contribution is 8.00. The third kappa shape index (κ3) is 7.15. The van der Waals surface area contributed by atoms with Gasteiger partial charge in [-0.15, -0.1) is 10.2 Å². The lowest BCUT2D eigenvalue weighted by molar-refractivity contribution is -0.132. The molecule has 2 heterocycles. The summed E-state index contributed by atoms with van der Waals surface area (Å²) in [5.74, 6) is 0.346. The number of aliphatic hydroxyl groups excluding tert-OH is 1. The molecule has 4 aromatic rings. The highest BCUT2D eigenvalue weighted by Gasteiger charge is 2.48. The van der Waals surface area contributed by atoms with Crippen LogP contribution in [-0.4, -0.2) is 47.3 Å². The van der Waals surface area contributed by atoms with Crippen molar-refractivity contribution in [2.45, 2.75) is 49.7 Å². The fourth-order valence-electron chi connectivity index (χ4n) is 4.86. The molecular weight excluding hydrogens is 611 g/mol. The largest absolute Gasteiger partial charge is 0.507 e. The minimum Gasteiger partial charge on any atom is -0.507 e. The van der Waals surface area contributed by atoms with Gasteiger partial charge >= 0.3 is 5.91 Å². The maximum atomic E-state index is 13.7. The van der Waals surface area contributed by atoms with Gasteiger partial charge in [-0.05, 0) is 67.8 Å². The van der Waals surface area contributed by atoms with E-state index in [1.54, 1.807) is 42.5 Å². The number of hydrogen-bond donors (Lipinski definition) is 1. The number of nitrogens with zero attached hydrogens (tertiary/aromatic N) is 3. The fraction of sp³-hybridized carbons (Fsp3) is 0.294. The molecule has 1 atom stereocenters. The zero-order valence-corrected chi connectivity index (χ0v) is 27.2. The molecule has 0 unspecified atom stereocenters. The van der Waals surface area contributed by atoms with Gasteiger partial charge in [0.05, 0.1) is 31.9 Å². The number of methoxy groups -OCH3 is 1. The summed E-state index contributed by atoms with van der Waals surface area (Å²) >= 11 is 2.71. The molecule has 5 rings (SSSR count). The van der Waals surface area contributed by atoms with Crippen molar-refractivity contribution in [3.05, 3.63) is 94.6 Å². The van der Waals surface area contributed by atoms with E-state index in [0.717, 1.165) is 18.4 Å². The lowest BCUT2D eigenvalue weighted by Gasteiger charge is -2.23. The number of thioether (sulfide) groups is 1. The predicted octanol–water partition coefficient (Wildman–Crippen LogP) is 7.35. The van der Waals surface area contributed by atoms with E-state index in [1.165, 1.54) is 40.7 Å². The third-order valence-electron chi connectivity index (χ3n) is 7.23. The fourth-order valence-corrected chi connectivity index (χ4v) is 6.68. The first-order valence-electron chi connectivity index (χ1n) is 14.7. The normalized spacial score (nSPS) is 15.8. The average Bonchev–Trinajstić information content (AvgIpc) is 3.63. The molecule has 1 fully saturated rings. The van der Waals surface area contributed by atoms with E-state index in [0.29, 0.717) is 51.7 Å². The number of amides is 1. The second-order valence-electron chi connectivity index (χ2n) is 10.4. The summed E-state index contributed by atoms with van der Waals surface area (Å²) in [6.45, 7) is 7.01. The van der Waals surface area contributed by atoms with Crippen molar-refractivity contribution < 1.29 is 28.9 Å². The van der Waals surface area contributed by atoms with E-state index in [-0.39, 0.29) is 16.5 Å². The molecule has 0 bridgehead atoms. The molecule has 0 spiro atoms. The number of carbonyl (C=O) groups is 2. The Morgan fingerprint density at radius 3 is 2.42 bits per heavy atom. The van der Waals surface area contributed by atoms with Crippen LogP contribution in [0.3, 0.4) is 0 Å². The van der Waals surface area contributed by atoms with Crippen molar-refractivity contribution in [3.63, 3.8) is 0 Å². The molecule has 3 aromatic carbocycles. The second kappa shape index (κ2) is 14.6. The van der Waals surface area contributed by atoms with E-state index in [1.807, 2.05) is 13.8 Å². The minimum absolute atomic E-state index is 0.0603. The summed E-state index contributed by atoms with van der Waals surface area (Å²) < 4.78 is 17.7. The zero-order chi connectivity index (χ0) is 31.9. The Labute approximate surface area is 270 Å². The lowest BCUT2D eigenvalue weighted by Crippen LogP contribution is -2.29. The van der Waals surface area contributed by atoms with Crippen LogP contribution in [-0.2, 0) is 15.3 Å². The zero-order valence-electron chi connectivity index (χ0n) is 25.6. The standard InChI is InChI=1S/C34H35N3O6S2/c1-5-7-18-43-25-15-12-23(13-16-25)30(38)28-29(24-14-17-26(42-6-2)27(19-24)41-4)37(32(40)31(28)39)33-35-36-34(45-33)44-20-22-10-8-21(3)9-11-22/h8-17,19,29,38H,5-7,18,20H2,1-4H3/t29-/m0/s1. The number of aryl methyl sites for hydroxylation is 1. The van der Waals surface area contributed by atoms with Crippen molar-refractivity contribution >= 4 is 45.7 Å². The van der Waals surface area contributed by atoms with E-state index < -0.39 is 17.7 Å². The highest BCUT2D eigenvalue weighted by Crippen LogP contribution is 2.45. The van der Waals surface area contributed by atoms with Gasteiger partial charge in [-0.1, -0.05) is 72.3 Å². The van der Waals surface area contributed by atoms with Crippen LogP contribution in [0.4, 0.5) is 5.13 Å². The van der Waals surface area contributed by atoms with Crippen LogP contribution in [0.2, 0.25) is 0 Å². The van der Waals surface area contributed by atoms with Crippen LogP contribution < -0.4 is 19.1 Å². The molecule has 0 radical (unpaired) electrons. The predicted molar refractivity (Wildman–Crippen MR) is 176 cm³/mol. The molecule has 0 aliphatic carbocycles. The Morgan fingerprint density at radius 1 is 0.978 bits per heavy atom. The Bertz CT molecular complexity index is 1690. The topological polar surface area (TPSA) is 111 Å². The Hall–Kier alpha value is -4.35. The first-order chi connectivity index (χ1) is 21.8. The van der Waals surface area contributed by atoms with Crippen molar-refractivity contribution in [2.24, 2.45) is 0 Å². The molecule has 45 heavy (non-hydrogen) atoms. The van der Waals surface area contributed by atoms with Gasteiger partial charge in [0.1, 0.15) is 11.5 Å². The van der Waals surface area contributed by atoms with Crippen LogP contribution >= 0.6 is 23.1 Å². The molecule has 1 aliphatic heterocycles. The van der Waals surface area contributed by atoms with Crippen LogP contribution in [0, 0.1) is 6.92 Å². The number of Topliss-reactive ketones (excluding diaryl/α,β-unsaturated/α-hetero) is 1. The first kappa shape index (κ1) is 32.1. The van der Waals surface area contributed by atoms with E-state index >= 15 is 0 Å². The smallest absolute Gasteiger partial charge is 0.301 e. The summed E-state index contributed by atoms with van der Waals surface area (Å²) in [5, 5.41) is 20.4. The lowest BCUT2D eigenvalue weighted by atomic mass is 9.95. The summed E-state index contributed by atoms with van der Waals surface area (Å²) in [4.78, 5) is 28.6. The molecule has 1 aromatic heterocycles.